The van der Waals surface area contributed by atoms with Crippen molar-refractivity contribution in [2.75, 3.05) is 23.7 Å². The van der Waals surface area contributed by atoms with Gasteiger partial charge in [0.1, 0.15) is 6.54 Å². The van der Waals surface area contributed by atoms with Crippen molar-refractivity contribution in [1.82, 2.24) is 5.32 Å². The monoisotopic (exact) mass is 408 g/mol. The number of unbranched alkanes of at least 4 members (excludes halogenated alkanes) is 1. The zero-order valence-electron chi connectivity index (χ0n) is 14.9. The van der Waals surface area contributed by atoms with Crippen LogP contribution < -0.4 is 9.62 Å². The second-order valence-electron chi connectivity index (χ2n) is 6.09. The van der Waals surface area contributed by atoms with Crippen molar-refractivity contribution < 1.29 is 13.2 Å². The number of nitrogens with zero attached hydrogens (tertiary/aromatic N) is 1. The minimum Gasteiger partial charge on any atom is -0.354 e. The minimum absolute atomic E-state index is 0.235. The lowest BCUT2D eigenvalue weighted by atomic mass is 9.99. The highest BCUT2D eigenvalue weighted by molar-refractivity contribution is 7.92. The summed E-state index contributed by atoms with van der Waals surface area (Å²) in [4.78, 5) is 12.2. The first kappa shape index (κ1) is 22.1. The van der Waals surface area contributed by atoms with Gasteiger partial charge in [-0.05, 0) is 30.5 Å². The molecule has 1 aromatic carbocycles. The van der Waals surface area contributed by atoms with E-state index < -0.39 is 10.0 Å². The van der Waals surface area contributed by atoms with E-state index in [2.05, 4.69) is 19.2 Å². The molecule has 0 aliphatic carbocycles. The summed E-state index contributed by atoms with van der Waals surface area (Å²) in [5.74, 6) is 0.0620. The fourth-order valence-electron chi connectivity index (χ4n) is 2.43. The van der Waals surface area contributed by atoms with Gasteiger partial charge < -0.3 is 5.32 Å². The molecule has 1 amide bonds. The lowest BCUT2D eigenvalue weighted by molar-refractivity contribution is -0.119. The first-order chi connectivity index (χ1) is 11.7. The molecule has 25 heavy (non-hydrogen) atoms. The van der Waals surface area contributed by atoms with E-state index in [0.29, 0.717) is 23.2 Å². The first-order valence-electron chi connectivity index (χ1n) is 8.38. The fraction of sp³-hybridized carbons (Fsp3) is 0.588. The van der Waals surface area contributed by atoms with Gasteiger partial charge in [0.05, 0.1) is 22.0 Å². The molecule has 0 aromatic heterocycles. The van der Waals surface area contributed by atoms with Crippen LogP contribution >= 0.6 is 23.2 Å². The van der Waals surface area contributed by atoms with Gasteiger partial charge in [-0.2, -0.15) is 0 Å². The molecular formula is C17H26Cl2N2O3S. The molecule has 1 atom stereocenters. The number of hydrogen-bond acceptors (Lipinski definition) is 3. The minimum atomic E-state index is -3.63. The molecule has 1 aromatic rings. The summed E-state index contributed by atoms with van der Waals surface area (Å²) >= 11 is 11.8. The molecule has 8 heteroatoms. The van der Waals surface area contributed by atoms with E-state index in [1.165, 1.54) is 18.2 Å². The van der Waals surface area contributed by atoms with Gasteiger partial charge in [0.15, 0.2) is 0 Å². The van der Waals surface area contributed by atoms with Crippen LogP contribution in [0.5, 0.6) is 0 Å². The highest BCUT2D eigenvalue weighted by Crippen LogP contribution is 2.28. The van der Waals surface area contributed by atoms with Gasteiger partial charge in [0.2, 0.25) is 15.9 Å². The van der Waals surface area contributed by atoms with Crippen molar-refractivity contribution in [3.8, 4) is 0 Å². The molecular weight excluding hydrogens is 383 g/mol. The van der Waals surface area contributed by atoms with E-state index in [1.807, 2.05) is 0 Å². The van der Waals surface area contributed by atoms with Crippen LogP contribution in [0.2, 0.25) is 10.0 Å². The molecule has 1 N–H and O–H groups in total. The van der Waals surface area contributed by atoms with Gasteiger partial charge in [0, 0.05) is 6.54 Å². The van der Waals surface area contributed by atoms with Gasteiger partial charge in [-0.1, -0.05) is 56.3 Å². The van der Waals surface area contributed by atoms with Crippen molar-refractivity contribution in [1.29, 1.82) is 0 Å². The second-order valence-corrected chi connectivity index (χ2v) is 8.81. The van der Waals surface area contributed by atoms with Crippen LogP contribution in [0.4, 0.5) is 5.69 Å². The predicted molar refractivity (Wildman–Crippen MR) is 105 cm³/mol. The largest absolute Gasteiger partial charge is 0.354 e. The molecule has 0 bridgehead atoms. The maximum absolute atomic E-state index is 12.2. The number of amides is 1. The molecule has 0 saturated heterocycles. The molecule has 142 valence electrons. The molecule has 0 spiro atoms. The quantitative estimate of drug-likeness (QED) is 0.633. The summed E-state index contributed by atoms with van der Waals surface area (Å²) in [5.41, 5.74) is 0.310. The van der Waals surface area contributed by atoms with Crippen molar-refractivity contribution in [3.05, 3.63) is 28.2 Å². The lowest BCUT2D eigenvalue weighted by Crippen LogP contribution is -2.41. The number of anilines is 1. The van der Waals surface area contributed by atoms with Gasteiger partial charge in [-0.25, -0.2) is 8.42 Å². The molecule has 0 radical (unpaired) electrons. The number of rotatable bonds is 10. The van der Waals surface area contributed by atoms with Gasteiger partial charge in [-0.3, -0.25) is 9.10 Å². The van der Waals surface area contributed by atoms with Crippen molar-refractivity contribution in [3.63, 3.8) is 0 Å². The number of carbonyl (C=O) groups excluding carboxylic acids is 1. The van der Waals surface area contributed by atoms with Crippen LogP contribution in [0.3, 0.4) is 0 Å². The van der Waals surface area contributed by atoms with Gasteiger partial charge in [-0.15, -0.1) is 0 Å². The molecule has 0 unspecified atom stereocenters. The number of benzene rings is 1. The Kier molecular flexibility index (Phi) is 9.03. The van der Waals surface area contributed by atoms with Gasteiger partial charge in [0.25, 0.3) is 0 Å². The highest BCUT2D eigenvalue weighted by Gasteiger charge is 2.22. The Morgan fingerprint density at radius 1 is 1.24 bits per heavy atom. The number of carbonyl (C=O) groups is 1. The van der Waals surface area contributed by atoms with E-state index in [4.69, 9.17) is 23.2 Å². The summed E-state index contributed by atoms with van der Waals surface area (Å²) < 4.78 is 25.2. The summed E-state index contributed by atoms with van der Waals surface area (Å²) in [7, 11) is -3.63. The van der Waals surface area contributed by atoms with Crippen molar-refractivity contribution >= 4 is 44.8 Å². The Morgan fingerprint density at radius 3 is 2.44 bits per heavy atom. The number of halogens is 2. The topological polar surface area (TPSA) is 66.5 Å². The zero-order valence-corrected chi connectivity index (χ0v) is 17.2. The SMILES string of the molecule is CCCC[C@@H](CC)CNC(=O)CN(c1ccc(Cl)c(Cl)c1)S(C)(=O)=O. The Morgan fingerprint density at radius 2 is 1.92 bits per heavy atom. The molecule has 5 nitrogen and oxygen atoms in total. The van der Waals surface area contributed by atoms with Crippen molar-refractivity contribution in [2.45, 2.75) is 39.5 Å². The summed E-state index contributed by atoms with van der Waals surface area (Å²) in [6.07, 6.45) is 5.31. The Balaban J connectivity index is 2.79. The van der Waals surface area contributed by atoms with E-state index >= 15 is 0 Å². The zero-order chi connectivity index (χ0) is 19.0. The van der Waals surface area contributed by atoms with Crippen molar-refractivity contribution in [2.24, 2.45) is 5.92 Å². The normalized spacial score (nSPS) is 12.7. The number of hydrogen-bond donors (Lipinski definition) is 1. The van der Waals surface area contributed by atoms with Crippen LogP contribution in [-0.4, -0.2) is 33.7 Å². The Hall–Kier alpha value is -0.980. The van der Waals surface area contributed by atoms with E-state index in [1.54, 1.807) is 0 Å². The molecule has 0 aliphatic heterocycles. The van der Waals surface area contributed by atoms with Gasteiger partial charge >= 0.3 is 0 Å². The maximum atomic E-state index is 12.2. The van der Waals surface area contributed by atoms with Crippen LogP contribution in [0.1, 0.15) is 39.5 Å². The number of nitrogens with one attached hydrogen (secondary N) is 1. The average Bonchev–Trinajstić information content (AvgIpc) is 2.54. The number of sulfonamides is 1. The third-order valence-electron chi connectivity index (χ3n) is 4.01. The third kappa shape index (κ3) is 7.42. The highest BCUT2D eigenvalue weighted by atomic mass is 35.5. The Bertz CT molecular complexity index is 680. The van der Waals surface area contributed by atoms with E-state index in [0.717, 1.165) is 36.2 Å². The summed E-state index contributed by atoms with van der Waals surface area (Å²) in [5, 5.41) is 3.40. The fourth-order valence-corrected chi connectivity index (χ4v) is 3.57. The smallest absolute Gasteiger partial charge is 0.240 e. The lowest BCUT2D eigenvalue weighted by Gasteiger charge is -2.23. The average molecular weight is 409 g/mol. The second kappa shape index (κ2) is 10.2. The molecule has 1 rings (SSSR count). The predicted octanol–water partition coefficient (Wildman–Crippen LogP) is 4.09. The van der Waals surface area contributed by atoms with E-state index in [-0.39, 0.29) is 17.5 Å². The summed E-state index contributed by atoms with van der Waals surface area (Å²) in [6.45, 7) is 4.48. The first-order valence-corrected chi connectivity index (χ1v) is 11.0. The molecule has 0 fully saturated rings. The van der Waals surface area contributed by atoms with Crippen LogP contribution in [-0.2, 0) is 14.8 Å². The molecule has 0 aliphatic rings. The maximum Gasteiger partial charge on any atom is 0.240 e. The van der Waals surface area contributed by atoms with E-state index in [9.17, 15) is 13.2 Å². The standard InChI is InChI=1S/C17H26Cl2N2O3S/c1-4-6-7-13(5-2)11-20-17(22)12-21(25(3,23)24)14-8-9-15(18)16(19)10-14/h8-10,13H,4-7,11-12H2,1-3H3,(H,20,22)/t13-/m1/s1. The molecule has 0 heterocycles. The molecule has 0 saturated carbocycles. The van der Waals surface area contributed by atoms with Crippen LogP contribution in [0.15, 0.2) is 18.2 Å². The van der Waals surface area contributed by atoms with Crippen LogP contribution in [0, 0.1) is 5.92 Å². The Labute approximate surface area is 160 Å². The van der Waals surface area contributed by atoms with Crippen LogP contribution in [0.25, 0.3) is 0 Å². The third-order valence-corrected chi connectivity index (χ3v) is 5.89. The summed E-state index contributed by atoms with van der Waals surface area (Å²) in [6, 6.07) is 4.47.